The number of rotatable bonds is 4. The van der Waals surface area contributed by atoms with Crippen LogP contribution in [0.25, 0.3) is 0 Å². The molecular weight excluding hydrogens is 296 g/mol. The lowest BCUT2D eigenvalue weighted by Crippen LogP contribution is -2.62. The first kappa shape index (κ1) is 15.1. The summed E-state index contributed by atoms with van der Waals surface area (Å²) in [6, 6.07) is 1.80. The molecule has 3 aliphatic rings. The van der Waals surface area contributed by atoms with Crippen molar-refractivity contribution in [3.8, 4) is 0 Å². The molecule has 1 saturated heterocycles. The van der Waals surface area contributed by atoms with Crippen LogP contribution in [0.5, 0.6) is 0 Å². The van der Waals surface area contributed by atoms with E-state index in [1.165, 1.54) is 0 Å². The second kappa shape index (κ2) is 5.60. The van der Waals surface area contributed by atoms with Crippen molar-refractivity contribution in [1.29, 1.82) is 0 Å². The second-order valence-corrected chi connectivity index (χ2v) is 7.11. The van der Waals surface area contributed by atoms with Crippen LogP contribution in [0.1, 0.15) is 61.2 Å². The van der Waals surface area contributed by atoms with E-state index in [2.05, 4.69) is 5.16 Å². The minimum atomic E-state index is -0.301. The lowest BCUT2D eigenvalue weighted by molar-refractivity contribution is -0.207. The Balaban J connectivity index is 1.39. The molecule has 3 fully saturated rings. The van der Waals surface area contributed by atoms with Crippen LogP contribution in [0.4, 0.5) is 0 Å². The fourth-order valence-corrected chi connectivity index (χ4v) is 4.06. The van der Waals surface area contributed by atoms with Crippen LogP contribution in [-0.2, 0) is 4.74 Å². The van der Waals surface area contributed by atoms with E-state index in [0.717, 1.165) is 37.9 Å². The van der Waals surface area contributed by atoms with Gasteiger partial charge >= 0.3 is 0 Å². The predicted octanol–water partition coefficient (Wildman–Crippen LogP) is 1.94. The van der Waals surface area contributed by atoms with Gasteiger partial charge in [-0.15, -0.1) is 0 Å². The normalized spacial score (nSPS) is 29.6. The van der Waals surface area contributed by atoms with E-state index in [0.29, 0.717) is 31.3 Å². The van der Waals surface area contributed by atoms with Gasteiger partial charge in [-0.2, -0.15) is 0 Å². The number of carbonyl (C=O) groups is 1. The Morgan fingerprint density at radius 2 is 2.22 bits per heavy atom. The maximum absolute atomic E-state index is 12.6. The minimum absolute atomic E-state index is 0.0581. The minimum Gasteiger partial charge on any atom is -0.392 e. The number of aliphatic hydroxyl groups excluding tert-OH is 1. The van der Waals surface area contributed by atoms with Gasteiger partial charge in [0.1, 0.15) is 5.76 Å². The van der Waals surface area contributed by atoms with Gasteiger partial charge in [0.05, 0.1) is 12.2 Å². The monoisotopic (exact) mass is 320 g/mol. The van der Waals surface area contributed by atoms with E-state index >= 15 is 0 Å². The van der Waals surface area contributed by atoms with E-state index in [9.17, 15) is 9.90 Å². The van der Waals surface area contributed by atoms with Gasteiger partial charge in [-0.1, -0.05) is 5.16 Å². The summed E-state index contributed by atoms with van der Waals surface area (Å²) in [6.07, 6.45) is 4.39. The van der Waals surface area contributed by atoms with Crippen molar-refractivity contribution in [2.45, 2.75) is 57.2 Å². The highest BCUT2D eigenvalue weighted by Crippen LogP contribution is 2.51. The van der Waals surface area contributed by atoms with Crippen molar-refractivity contribution in [3.05, 3.63) is 17.5 Å². The number of aliphatic hydroxyl groups is 1. The Bertz CT molecular complexity index is 585. The molecule has 1 amide bonds. The Labute approximate surface area is 135 Å². The van der Waals surface area contributed by atoms with Gasteiger partial charge in [-0.3, -0.25) is 4.79 Å². The first-order chi connectivity index (χ1) is 11.1. The third kappa shape index (κ3) is 2.48. The number of carbonyl (C=O) groups excluding carboxylic acids is 1. The van der Waals surface area contributed by atoms with Crippen LogP contribution < -0.4 is 0 Å². The van der Waals surface area contributed by atoms with Gasteiger partial charge < -0.3 is 19.3 Å². The van der Waals surface area contributed by atoms with Crippen molar-refractivity contribution < 1.29 is 19.2 Å². The van der Waals surface area contributed by atoms with Crippen molar-refractivity contribution in [3.63, 3.8) is 0 Å². The Morgan fingerprint density at radius 1 is 1.48 bits per heavy atom. The molecule has 4 rings (SSSR count). The quantitative estimate of drug-likeness (QED) is 0.917. The van der Waals surface area contributed by atoms with Gasteiger partial charge in [0.2, 0.25) is 0 Å². The largest absolute Gasteiger partial charge is 0.392 e. The zero-order valence-corrected chi connectivity index (χ0v) is 13.5. The number of hydrogen-bond donors (Lipinski definition) is 1. The molecule has 1 N–H and O–H groups in total. The van der Waals surface area contributed by atoms with Crippen molar-refractivity contribution in [1.82, 2.24) is 10.1 Å². The molecule has 1 aromatic rings. The van der Waals surface area contributed by atoms with Crippen LogP contribution >= 0.6 is 0 Å². The van der Waals surface area contributed by atoms with Crippen LogP contribution in [0, 0.1) is 5.41 Å². The number of amides is 1. The molecule has 6 heteroatoms. The van der Waals surface area contributed by atoms with E-state index in [-0.39, 0.29) is 23.5 Å². The van der Waals surface area contributed by atoms with E-state index in [4.69, 9.17) is 9.26 Å². The van der Waals surface area contributed by atoms with Gasteiger partial charge in [0, 0.05) is 43.5 Å². The van der Waals surface area contributed by atoms with Crippen molar-refractivity contribution in [2.24, 2.45) is 5.41 Å². The molecule has 2 atom stereocenters. The van der Waals surface area contributed by atoms with Crippen LogP contribution in [-0.4, -0.2) is 53.0 Å². The molecule has 23 heavy (non-hydrogen) atoms. The average Bonchev–Trinajstić information content (AvgIpc) is 3.31. The smallest absolute Gasteiger partial charge is 0.276 e. The van der Waals surface area contributed by atoms with Crippen molar-refractivity contribution in [2.75, 3.05) is 19.7 Å². The molecule has 0 unspecified atom stereocenters. The Hall–Kier alpha value is -1.40. The highest BCUT2D eigenvalue weighted by atomic mass is 16.5. The molecule has 2 aliphatic carbocycles. The summed E-state index contributed by atoms with van der Waals surface area (Å²) in [5.74, 6) is 1.25. The first-order valence-electron chi connectivity index (χ1n) is 8.69. The molecule has 1 spiro atoms. The van der Waals surface area contributed by atoms with E-state index in [1.54, 1.807) is 6.07 Å². The molecule has 0 bridgehead atoms. The van der Waals surface area contributed by atoms with Crippen LogP contribution in [0.2, 0.25) is 0 Å². The van der Waals surface area contributed by atoms with Gasteiger partial charge in [0.15, 0.2) is 5.69 Å². The molecule has 1 aliphatic heterocycles. The molecular formula is C17H24N2O4. The third-order valence-corrected chi connectivity index (χ3v) is 5.82. The molecule has 6 nitrogen and oxygen atoms in total. The molecule has 126 valence electrons. The summed E-state index contributed by atoms with van der Waals surface area (Å²) in [7, 11) is 0. The second-order valence-electron chi connectivity index (χ2n) is 7.11. The fourth-order valence-electron chi connectivity index (χ4n) is 4.06. The lowest BCUT2D eigenvalue weighted by Gasteiger charge is -2.56. The number of aromatic nitrogens is 1. The molecule has 0 radical (unpaired) electrons. The highest BCUT2D eigenvalue weighted by Gasteiger charge is 2.56. The summed E-state index contributed by atoms with van der Waals surface area (Å²) >= 11 is 0. The summed E-state index contributed by atoms with van der Waals surface area (Å²) < 4.78 is 11.1. The number of ether oxygens (including phenoxy) is 1. The molecule has 2 saturated carbocycles. The third-order valence-electron chi connectivity index (χ3n) is 5.82. The van der Waals surface area contributed by atoms with Crippen molar-refractivity contribution >= 4 is 5.91 Å². The standard InChI is InChI=1S/C17H24N2O4/c1-2-22-15-10-14(20)17(15)5-7-19(8-6-17)16(21)12-9-13(23-18-12)11-3-4-11/h9,11,14-15,20H,2-8,10H2,1H3/t14-,15-/m0/s1. The van der Waals surface area contributed by atoms with Gasteiger partial charge in [-0.05, 0) is 32.6 Å². The van der Waals surface area contributed by atoms with E-state index < -0.39 is 0 Å². The summed E-state index contributed by atoms with van der Waals surface area (Å²) in [4.78, 5) is 14.4. The van der Waals surface area contributed by atoms with Crippen LogP contribution in [0.3, 0.4) is 0 Å². The number of hydrogen-bond acceptors (Lipinski definition) is 5. The zero-order chi connectivity index (χ0) is 16.0. The topological polar surface area (TPSA) is 75.8 Å². The Morgan fingerprint density at radius 3 is 2.83 bits per heavy atom. The average molecular weight is 320 g/mol. The maximum atomic E-state index is 12.6. The summed E-state index contributed by atoms with van der Waals surface area (Å²) in [5, 5.41) is 14.2. The molecule has 0 aromatic carbocycles. The van der Waals surface area contributed by atoms with Crippen LogP contribution in [0.15, 0.2) is 10.6 Å². The SMILES string of the molecule is CCO[C@H]1C[C@H](O)C12CCN(C(=O)c1cc(C3CC3)on1)CC2. The first-order valence-corrected chi connectivity index (χ1v) is 8.69. The highest BCUT2D eigenvalue weighted by molar-refractivity contribution is 5.92. The lowest BCUT2D eigenvalue weighted by atomic mass is 9.58. The molecule has 1 aromatic heterocycles. The van der Waals surface area contributed by atoms with Gasteiger partial charge in [-0.25, -0.2) is 0 Å². The predicted molar refractivity (Wildman–Crippen MR) is 82.1 cm³/mol. The van der Waals surface area contributed by atoms with E-state index in [1.807, 2.05) is 11.8 Å². The maximum Gasteiger partial charge on any atom is 0.276 e. The molecule has 2 heterocycles. The number of nitrogens with zero attached hydrogens (tertiary/aromatic N) is 2. The summed E-state index contributed by atoms with van der Waals surface area (Å²) in [5.41, 5.74) is 0.258. The number of piperidine rings is 1. The summed E-state index contributed by atoms with van der Waals surface area (Å²) in [6.45, 7) is 3.94. The Kier molecular flexibility index (Phi) is 3.69. The van der Waals surface area contributed by atoms with Gasteiger partial charge in [0.25, 0.3) is 5.91 Å². The zero-order valence-electron chi connectivity index (χ0n) is 13.5. The fraction of sp³-hybridized carbons (Fsp3) is 0.765. The number of likely N-dealkylation sites (tertiary alicyclic amines) is 1.